The first-order valence-electron chi connectivity index (χ1n) is 5.73. The number of hydrogen-bond donors (Lipinski definition) is 0. The highest BCUT2D eigenvalue weighted by Crippen LogP contribution is 2.09. The van der Waals surface area contributed by atoms with Crippen molar-refractivity contribution < 1.29 is 0 Å². The summed E-state index contributed by atoms with van der Waals surface area (Å²) in [5.74, 6) is 0. The van der Waals surface area contributed by atoms with Gasteiger partial charge in [-0.1, -0.05) is 35.4 Å². The summed E-state index contributed by atoms with van der Waals surface area (Å²) < 4.78 is 0. The quantitative estimate of drug-likeness (QED) is 0.626. The summed E-state index contributed by atoms with van der Waals surface area (Å²) in [5.41, 5.74) is 2.75. The van der Waals surface area contributed by atoms with E-state index < -0.39 is 0 Å². The summed E-state index contributed by atoms with van der Waals surface area (Å²) in [6.45, 7) is 8.71. The van der Waals surface area contributed by atoms with Crippen molar-refractivity contribution in [2.24, 2.45) is 0 Å². The molecule has 0 radical (unpaired) electrons. The fourth-order valence-corrected chi connectivity index (χ4v) is 2.07. The molecule has 2 rings (SSSR count). The highest BCUT2D eigenvalue weighted by molar-refractivity contribution is 5.83. The molecule has 0 heterocycles. The topological polar surface area (TPSA) is 0 Å². The van der Waals surface area contributed by atoms with Gasteiger partial charge in [-0.05, 0) is 61.0 Å². The summed E-state index contributed by atoms with van der Waals surface area (Å²) >= 11 is 0. The van der Waals surface area contributed by atoms with Crippen molar-refractivity contribution in [1.82, 2.24) is 0 Å². The van der Waals surface area contributed by atoms with Crippen molar-refractivity contribution in [3.63, 3.8) is 0 Å². The maximum Gasteiger partial charge on any atom is -0.0178 e. The Morgan fingerprint density at radius 2 is 1.06 bits per heavy atom. The molecule has 0 aromatic heterocycles. The summed E-state index contributed by atoms with van der Waals surface area (Å²) in [4.78, 5) is 0. The van der Waals surface area contributed by atoms with Crippen LogP contribution in [0.25, 0.3) is 21.9 Å². The minimum atomic E-state index is 1.32. The van der Waals surface area contributed by atoms with Gasteiger partial charge in [0.25, 0.3) is 0 Å². The molecule has 0 saturated heterocycles. The maximum atomic E-state index is 2.30. The van der Waals surface area contributed by atoms with Crippen LogP contribution in [0.5, 0.6) is 0 Å². The van der Waals surface area contributed by atoms with Crippen molar-refractivity contribution in [3.05, 3.63) is 46.8 Å². The zero-order valence-electron chi connectivity index (χ0n) is 10.5. The van der Waals surface area contributed by atoms with E-state index >= 15 is 0 Å². The molecule has 0 fully saturated rings. The lowest BCUT2D eigenvalue weighted by Gasteiger charge is -2.02. The van der Waals surface area contributed by atoms with E-state index in [1.807, 2.05) is 0 Å². The molecule has 0 N–H and O–H groups in total. The number of fused-ring (bicyclic) bond motifs is 1. The third-order valence-corrected chi connectivity index (χ3v) is 2.96. The van der Waals surface area contributed by atoms with E-state index in [4.69, 9.17) is 0 Å². The van der Waals surface area contributed by atoms with E-state index in [-0.39, 0.29) is 0 Å². The molecule has 0 spiro atoms. The van der Waals surface area contributed by atoms with Crippen LogP contribution in [0.2, 0.25) is 0 Å². The maximum absolute atomic E-state index is 2.30. The Morgan fingerprint density at radius 1 is 0.688 bits per heavy atom. The first kappa shape index (κ1) is 10.9. The Bertz CT molecular complexity index is 579. The molecule has 0 bridgehead atoms. The normalized spacial score (nSPS) is 10.5. The fourth-order valence-electron chi connectivity index (χ4n) is 2.07. The third-order valence-electron chi connectivity index (χ3n) is 2.96. The lowest BCUT2D eigenvalue weighted by molar-refractivity contribution is 1.41. The molecular formula is C16H18. The van der Waals surface area contributed by atoms with Crippen molar-refractivity contribution in [1.29, 1.82) is 0 Å². The van der Waals surface area contributed by atoms with E-state index in [2.05, 4.69) is 64.1 Å². The van der Waals surface area contributed by atoms with Gasteiger partial charge < -0.3 is 0 Å². The third kappa shape index (κ3) is 1.88. The van der Waals surface area contributed by atoms with Crippen LogP contribution in [0.1, 0.15) is 27.7 Å². The predicted molar refractivity (Wildman–Crippen MR) is 72.7 cm³/mol. The molecule has 0 saturated carbocycles. The molecule has 0 amide bonds. The Balaban J connectivity index is 3.07. The Hall–Kier alpha value is -1.56. The van der Waals surface area contributed by atoms with Crippen molar-refractivity contribution in [2.75, 3.05) is 0 Å². The Morgan fingerprint density at radius 3 is 1.38 bits per heavy atom. The van der Waals surface area contributed by atoms with Gasteiger partial charge in [0.2, 0.25) is 0 Å². The zero-order valence-corrected chi connectivity index (χ0v) is 10.5. The first-order chi connectivity index (χ1) is 7.59. The van der Waals surface area contributed by atoms with Gasteiger partial charge in [0, 0.05) is 0 Å². The van der Waals surface area contributed by atoms with Crippen LogP contribution in [0, 0.1) is 0 Å². The standard InChI is InChI=1S/C16H18/c1-11(2)15-9-13-7-5-6-8-14(13)10-16(15)12(3)4/h5-10H,1-4H3. The number of rotatable bonds is 0. The Labute approximate surface area is 96.9 Å². The van der Waals surface area contributed by atoms with Crippen molar-refractivity contribution >= 4 is 21.9 Å². The molecule has 82 valence electrons. The molecule has 0 unspecified atom stereocenters. The molecule has 16 heavy (non-hydrogen) atoms. The molecule has 2 aromatic carbocycles. The van der Waals surface area contributed by atoms with Crippen LogP contribution in [-0.2, 0) is 0 Å². The fraction of sp³-hybridized carbons (Fsp3) is 0.250. The summed E-state index contributed by atoms with van der Waals surface area (Å²) in [7, 11) is 0. The molecular weight excluding hydrogens is 192 g/mol. The number of hydrogen-bond acceptors (Lipinski definition) is 0. The van der Waals surface area contributed by atoms with Gasteiger partial charge in [-0.3, -0.25) is 0 Å². The number of benzene rings is 2. The molecule has 0 nitrogen and oxygen atoms in total. The van der Waals surface area contributed by atoms with Gasteiger partial charge in [0.05, 0.1) is 0 Å². The van der Waals surface area contributed by atoms with Gasteiger partial charge in [-0.25, -0.2) is 0 Å². The molecule has 0 aliphatic heterocycles. The van der Waals surface area contributed by atoms with E-state index in [0.717, 1.165) is 0 Å². The van der Waals surface area contributed by atoms with Gasteiger partial charge in [-0.15, -0.1) is 0 Å². The summed E-state index contributed by atoms with van der Waals surface area (Å²) in [6, 6.07) is 13.1. The SMILES string of the molecule is CC(C)=c1cc2ccccc2cc1=C(C)C. The van der Waals surface area contributed by atoms with Crippen molar-refractivity contribution in [2.45, 2.75) is 27.7 Å². The van der Waals surface area contributed by atoms with Gasteiger partial charge in [0.15, 0.2) is 0 Å². The minimum Gasteiger partial charge on any atom is -0.0686 e. The van der Waals surface area contributed by atoms with E-state index in [0.29, 0.717) is 0 Å². The average molecular weight is 210 g/mol. The predicted octanol–water partition coefficient (Wildman–Crippen LogP) is 3.22. The lowest BCUT2D eigenvalue weighted by atomic mass is 10.0. The minimum absolute atomic E-state index is 1.32. The van der Waals surface area contributed by atoms with Gasteiger partial charge in [-0.2, -0.15) is 0 Å². The summed E-state index contributed by atoms with van der Waals surface area (Å²) in [5, 5.41) is 5.39. The lowest BCUT2D eigenvalue weighted by Crippen LogP contribution is -2.27. The van der Waals surface area contributed by atoms with Gasteiger partial charge in [0.1, 0.15) is 0 Å². The van der Waals surface area contributed by atoms with Crippen LogP contribution < -0.4 is 10.4 Å². The van der Waals surface area contributed by atoms with Crippen LogP contribution in [0.3, 0.4) is 0 Å². The highest BCUT2D eigenvalue weighted by atomic mass is 14.0. The monoisotopic (exact) mass is 210 g/mol. The second-order valence-electron chi connectivity index (χ2n) is 4.74. The van der Waals surface area contributed by atoms with E-state index in [1.165, 1.54) is 32.4 Å². The van der Waals surface area contributed by atoms with E-state index in [9.17, 15) is 0 Å². The van der Waals surface area contributed by atoms with Crippen LogP contribution in [0.4, 0.5) is 0 Å². The smallest absolute Gasteiger partial charge is 0.0178 e. The zero-order chi connectivity index (χ0) is 11.7. The largest absolute Gasteiger partial charge is 0.0686 e. The second-order valence-corrected chi connectivity index (χ2v) is 4.74. The first-order valence-corrected chi connectivity index (χ1v) is 5.73. The highest BCUT2D eigenvalue weighted by Gasteiger charge is 1.96. The second kappa shape index (κ2) is 4.13. The van der Waals surface area contributed by atoms with E-state index in [1.54, 1.807) is 0 Å². The van der Waals surface area contributed by atoms with Crippen LogP contribution >= 0.6 is 0 Å². The summed E-state index contributed by atoms with van der Waals surface area (Å²) in [6.07, 6.45) is 0. The van der Waals surface area contributed by atoms with Crippen LogP contribution in [-0.4, -0.2) is 0 Å². The molecule has 2 aromatic rings. The average Bonchev–Trinajstić information content (AvgIpc) is 2.27. The molecule has 0 aliphatic carbocycles. The molecule has 0 atom stereocenters. The molecule has 0 heteroatoms. The Kier molecular flexibility index (Phi) is 2.82. The molecule has 0 aliphatic rings. The van der Waals surface area contributed by atoms with Crippen molar-refractivity contribution in [3.8, 4) is 0 Å². The van der Waals surface area contributed by atoms with Gasteiger partial charge >= 0.3 is 0 Å². The van der Waals surface area contributed by atoms with Crippen LogP contribution in [0.15, 0.2) is 36.4 Å².